The molecule has 3 aliphatic carbocycles. The molecule has 2 fully saturated rings. The van der Waals surface area contributed by atoms with Crippen molar-refractivity contribution in [3.05, 3.63) is 12.2 Å². The number of hydrogen-bond acceptors (Lipinski definition) is 5. The smallest absolute Gasteiger partial charge is 0.323 e. The summed E-state index contributed by atoms with van der Waals surface area (Å²) in [6, 6.07) is 0. The Bertz CT molecular complexity index is 533. The van der Waals surface area contributed by atoms with Crippen molar-refractivity contribution in [3.63, 3.8) is 0 Å². The van der Waals surface area contributed by atoms with Crippen LogP contribution < -0.4 is 0 Å². The number of hydrogen-bond donors (Lipinski definition) is 0. The molecule has 0 N–H and O–H groups in total. The summed E-state index contributed by atoms with van der Waals surface area (Å²) in [6.07, 6.45) is 5.49. The Kier molecular flexibility index (Phi) is 3.62. The summed E-state index contributed by atoms with van der Waals surface area (Å²) in [5.41, 5.74) is -1.26. The molecule has 0 unspecified atom stereocenters. The number of allylic oxidation sites excluding steroid dienone is 2. The Morgan fingerprint density at radius 3 is 2.41 bits per heavy atom. The van der Waals surface area contributed by atoms with Crippen molar-refractivity contribution in [2.75, 3.05) is 14.2 Å². The van der Waals surface area contributed by atoms with Crippen molar-refractivity contribution in [2.45, 2.75) is 26.2 Å². The van der Waals surface area contributed by atoms with Gasteiger partial charge in [0.05, 0.1) is 14.2 Å². The van der Waals surface area contributed by atoms with Gasteiger partial charge in [0.15, 0.2) is 5.41 Å². The largest absolute Gasteiger partial charge is 0.468 e. The van der Waals surface area contributed by atoms with Crippen molar-refractivity contribution < 1.29 is 23.9 Å². The third-order valence-corrected chi connectivity index (χ3v) is 5.97. The zero-order chi connectivity index (χ0) is 16.1. The molecule has 5 atom stereocenters. The number of ether oxygens (including phenoxy) is 2. The van der Waals surface area contributed by atoms with E-state index in [0.717, 1.165) is 0 Å². The Morgan fingerprint density at radius 2 is 1.82 bits per heavy atom. The van der Waals surface area contributed by atoms with E-state index in [1.54, 1.807) is 0 Å². The van der Waals surface area contributed by atoms with E-state index in [1.807, 2.05) is 6.92 Å². The molecule has 2 saturated carbocycles. The van der Waals surface area contributed by atoms with Crippen LogP contribution in [0.15, 0.2) is 12.2 Å². The quantitative estimate of drug-likeness (QED) is 0.442. The molecule has 0 saturated heterocycles. The minimum absolute atomic E-state index is 0.0412. The third kappa shape index (κ3) is 1.80. The lowest BCUT2D eigenvalue weighted by Gasteiger charge is -2.42. The van der Waals surface area contributed by atoms with E-state index in [2.05, 4.69) is 12.2 Å². The molecule has 0 aromatic rings. The van der Waals surface area contributed by atoms with Crippen LogP contribution in [-0.2, 0) is 23.9 Å². The van der Waals surface area contributed by atoms with Crippen LogP contribution >= 0.6 is 0 Å². The topological polar surface area (TPSA) is 69.7 Å². The number of methoxy groups -OCH3 is 2. The van der Waals surface area contributed by atoms with Crippen LogP contribution in [0.25, 0.3) is 0 Å². The van der Waals surface area contributed by atoms with Crippen LogP contribution in [0.5, 0.6) is 0 Å². The minimum atomic E-state index is -1.26. The van der Waals surface area contributed by atoms with Crippen LogP contribution in [0.2, 0.25) is 0 Å². The second-order valence-electron chi connectivity index (χ2n) is 6.78. The van der Waals surface area contributed by atoms with Gasteiger partial charge < -0.3 is 9.47 Å². The molecule has 0 aliphatic heterocycles. The molecule has 0 spiro atoms. The predicted octanol–water partition coefficient (Wildman–Crippen LogP) is 1.76. The first-order valence-electron chi connectivity index (χ1n) is 7.85. The molecule has 3 rings (SSSR count). The van der Waals surface area contributed by atoms with E-state index >= 15 is 0 Å². The van der Waals surface area contributed by atoms with Crippen LogP contribution in [-0.4, -0.2) is 31.9 Å². The standard InChI is InChI=1S/C17H22O5/c1-9-4-5-10-8-17(15(19)21-2,16(20)22-3)11-6-7-12(18)13(9)14(10)11/h4-5,9-11,13-14H,6-8H2,1-3H3/t9-,10-,11+,13-,14+/m0/s1. The summed E-state index contributed by atoms with van der Waals surface area (Å²) in [4.78, 5) is 37.4. The maximum absolute atomic E-state index is 12.5. The molecule has 22 heavy (non-hydrogen) atoms. The van der Waals surface area contributed by atoms with Crippen molar-refractivity contribution in [1.82, 2.24) is 0 Å². The predicted molar refractivity (Wildman–Crippen MR) is 77.6 cm³/mol. The SMILES string of the molecule is COC(=O)C1(C(=O)OC)C[C@@H]2C=C[C@H](C)[C@H]3C(=O)CC[C@@H]1[C@H]32. The average Bonchev–Trinajstić information content (AvgIpc) is 2.87. The first-order chi connectivity index (χ1) is 10.5. The lowest BCUT2D eigenvalue weighted by atomic mass is 9.60. The second-order valence-corrected chi connectivity index (χ2v) is 6.78. The summed E-state index contributed by atoms with van der Waals surface area (Å²) in [6.45, 7) is 2.04. The van der Waals surface area contributed by atoms with E-state index in [9.17, 15) is 14.4 Å². The number of esters is 2. The maximum atomic E-state index is 12.5. The molecule has 5 nitrogen and oxygen atoms in total. The highest BCUT2D eigenvalue weighted by Crippen LogP contribution is 2.61. The molecule has 0 aromatic carbocycles. The van der Waals surface area contributed by atoms with E-state index in [-0.39, 0.29) is 35.4 Å². The summed E-state index contributed by atoms with van der Waals surface area (Å²) in [5.74, 6) is -0.789. The Hall–Kier alpha value is -1.65. The fraction of sp³-hybridized carbons (Fsp3) is 0.706. The van der Waals surface area contributed by atoms with Gasteiger partial charge in [-0.15, -0.1) is 0 Å². The molecule has 5 heteroatoms. The normalized spacial score (nSPS) is 38.3. The molecule has 3 aliphatic rings. The minimum Gasteiger partial charge on any atom is -0.468 e. The van der Waals surface area contributed by atoms with Gasteiger partial charge in [-0.1, -0.05) is 19.1 Å². The zero-order valence-corrected chi connectivity index (χ0v) is 13.2. The number of carbonyl (C=O) groups is 3. The second kappa shape index (κ2) is 5.21. The van der Waals surface area contributed by atoms with Gasteiger partial charge in [-0.3, -0.25) is 14.4 Å². The van der Waals surface area contributed by atoms with Crippen LogP contribution in [0, 0.1) is 35.0 Å². The highest BCUT2D eigenvalue weighted by molar-refractivity contribution is 6.01. The van der Waals surface area contributed by atoms with Gasteiger partial charge >= 0.3 is 11.9 Å². The molecule has 0 heterocycles. The number of carbonyl (C=O) groups excluding carboxylic acids is 3. The molecular weight excluding hydrogens is 284 g/mol. The Balaban J connectivity index is 2.10. The van der Waals surface area contributed by atoms with Crippen LogP contribution in [0.1, 0.15) is 26.2 Å². The number of rotatable bonds is 2. The molecule has 120 valence electrons. The maximum Gasteiger partial charge on any atom is 0.323 e. The van der Waals surface area contributed by atoms with Crippen molar-refractivity contribution in [3.8, 4) is 0 Å². The van der Waals surface area contributed by atoms with Crippen LogP contribution in [0.4, 0.5) is 0 Å². The Labute approximate surface area is 130 Å². The lowest BCUT2D eigenvalue weighted by Crippen LogP contribution is -2.49. The zero-order valence-electron chi connectivity index (χ0n) is 13.2. The molecule has 0 aromatic heterocycles. The monoisotopic (exact) mass is 306 g/mol. The molecule has 0 radical (unpaired) electrons. The first kappa shape index (κ1) is 15.3. The summed E-state index contributed by atoms with van der Waals surface area (Å²) in [5, 5.41) is 0. The molecule has 0 bridgehead atoms. The number of ketones is 1. The van der Waals surface area contributed by atoms with E-state index in [4.69, 9.17) is 9.47 Å². The van der Waals surface area contributed by atoms with Gasteiger partial charge in [0.25, 0.3) is 0 Å². The highest BCUT2D eigenvalue weighted by Gasteiger charge is 2.67. The van der Waals surface area contributed by atoms with Gasteiger partial charge in [0, 0.05) is 12.3 Å². The molecular formula is C17H22O5. The van der Waals surface area contributed by atoms with E-state index in [1.165, 1.54) is 14.2 Å². The summed E-state index contributed by atoms with van der Waals surface area (Å²) >= 11 is 0. The van der Waals surface area contributed by atoms with Crippen molar-refractivity contribution >= 4 is 17.7 Å². The van der Waals surface area contributed by atoms with Gasteiger partial charge in [0.2, 0.25) is 0 Å². The highest BCUT2D eigenvalue weighted by atomic mass is 16.5. The van der Waals surface area contributed by atoms with Gasteiger partial charge in [0.1, 0.15) is 5.78 Å². The van der Waals surface area contributed by atoms with E-state index < -0.39 is 17.4 Å². The van der Waals surface area contributed by atoms with Gasteiger partial charge in [-0.05, 0) is 36.5 Å². The van der Waals surface area contributed by atoms with Crippen molar-refractivity contribution in [2.24, 2.45) is 35.0 Å². The third-order valence-electron chi connectivity index (χ3n) is 5.97. The lowest BCUT2D eigenvalue weighted by molar-refractivity contribution is -0.174. The van der Waals surface area contributed by atoms with Gasteiger partial charge in [-0.25, -0.2) is 0 Å². The Morgan fingerprint density at radius 1 is 1.18 bits per heavy atom. The van der Waals surface area contributed by atoms with Crippen LogP contribution in [0.3, 0.4) is 0 Å². The first-order valence-corrected chi connectivity index (χ1v) is 7.85. The number of Topliss-reactive ketones (excluding diaryl/α,β-unsaturated/α-hetero) is 1. The average molecular weight is 306 g/mol. The summed E-state index contributed by atoms with van der Waals surface area (Å²) in [7, 11) is 2.61. The fourth-order valence-electron chi connectivity index (χ4n) is 5.12. The molecule has 0 amide bonds. The van der Waals surface area contributed by atoms with E-state index in [0.29, 0.717) is 19.3 Å². The van der Waals surface area contributed by atoms with Crippen molar-refractivity contribution in [1.29, 1.82) is 0 Å². The fourth-order valence-corrected chi connectivity index (χ4v) is 5.12. The summed E-state index contributed by atoms with van der Waals surface area (Å²) < 4.78 is 9.93. The van der Waals surface area contributed by atoms with Gasteiger partial charge in [-0.2, -0.15) is 0 Å².